The maximum Gasteiger partial charge on any atom is 0.230 e. The molecule has 0 radical (unpaired) electrons. The highest BCUT2D eigenvalue weighted by atomic mass is 16.5. The van der Waals surface area contributed by atoms with Crippen molar-refractivity contribution in [3.63, 3.8) is 0 Å². The number of para-hydroxylation sites is 1. The molecule has 28 heavy (non-hydrogen) atoms. The number of nitrogens with zero attached hydrogens (tertiary/aromatic N) is 2. The summed E-state index contributed by atoms with van der Waals surface area (Å²) >= 11 is 0. The van der Waals surface area contributed by atoms with E-state index in [2.05, 4.69) is 4.98 Å². The van der Waals surface area contributed by atoms with Crippen LogP contribution in [0.1, 0.15) is 17.0 Å². The molecule has 0 aliphatic carbocycles. The fourth-order valence-corrected chi connectivity index (χ4v) is 3.46. The summed E-state index contributed by atoms with van der Waals surface area (Å²) in [5, 5.41) is 0. The Morgan fingerprint density at radius 1 is 1.18 bits per heavy atom. The van der Waals surface area contributed by atoms with Crippen LogP contribution in [0.4, 0.5) is 0 Å². The molecule has 0 bridgehead atoms. The molecule has 144 valence electrons. The number of fused-ring (bicyclic) bond motifs is 1. The van der Waals surface area contributed by atoms with Gasteiger partial charge in [0.25, 0.3) is 0 Å². The van der Waals surface area contributed by atoms with Crippen molar-refractivity contribution in [1.82, 2.24) is 9.88 Å². The molecule has 0 fully saturated rings. The van der Waals surface area contributed by atoms with Crippen LogP contribution in [0.25, 0.3) is 0 Å². The lowest BCUT2D eigenvalue weighted by Crippen LogP contribution is -2.40. The molecule has 0 N–H and O–H groups in total. The molecule has 2 aromatic heterocycles. The van der Waals surface area contributed by atoms with Gasteiger partial charge in [0.15, 0.2) is 11.5 Å². The molecule has 0 saturated heterocycles. The van der Waals surface area contributed by atoms with E-state index in [9.17, 15) is 4.79 Å². The van der Waals surface area contributed by atoms with Crippen LogP contribution in [0.3, 0.4) is 0 Å². The van der Waals surface area contributed by atoms with E-state index in [0.29, 0.717) is 31.9 Å². The number of amides is 1. The van der Waals surface area contributed by atoms with Gasteiger partial charge in [-0.2, -0.15) is 0 Å². The molecule has 1 amide bonds. The molecule has 4 rings (SSSR count). The minimum atomic E-state index is -0.265. The Hall–Kier alpha value is -3.28. The topological polar surface area (TPSA) is 64.8 Å². The Bertz CT molecular complexity index is 925. The number of carbonyl (C=O) groups excluding carboxylic acids is 1. The van der Waals surface area contributed by atoms with Crippen molar-refractivity contribution >= 4 is 5.91 Å². The van der Waals surface area contributed by atoms with Gasteiger partial charge >= 0.3 is 0 Å². The zero-order valence-electron chi connectivity index (χ0n) is 15.7. The van der Waals surface area contributed by atoms with E-state index >= 15 is 0 Å². The second kappa shape index (κ2) is 8.17. The van der Waals surface area contributed by atoms with E-state index in [1.54, 1.807) is 24.5 Å². The molecule has 6 heteroatoms. The van der Waals surface area contributed by atoms with Crippen molar-refractivity contribution in [2.45, 2.75) is 19.5 Å². The van der Waals surface area contributed by atoms with Crippen molar-refractivity contribution in [3.05, 3.63) is 78.0 Å². The fraction of sp³-hybridized carbons (Fsp3) is 0.273. The van der Waals surface area contributed by atoms with Gasteiger partial charge in [0.05, 0.1) is 38.1 Å². The summed E-state index contributed by atoms with van der Waals surface area (Å²) in [5.74, 6) is 1.93. The van der Waals surface area contributed by atoms with Gasteiger partial charge in [-0.05, 0) is 42.3 Å². The smallest absolute Gasteiger partial charge is 0.230 e. The first kappa shape index (κ1) is 18.1. The highest BCUT2D eigenvalue weighted by Crippen LogP contribution is 2.36. The molecule has 0 unspecified atom stereocenters. The molecule has 3 aromatic rings. The zero-order valence-corrected chi connectivity index (χ0v) is 15.7. The highest BCUT2D eigenvalue weighted by Gasteiger charge is 2.31. The number of aromatic nitrogens is 1. The Morgan fingerprint density at radius 2 is 2.11 bits per heavy atom. The van der Waals surface area contributed by atoms with Crippen molar-refractivity contribution in [2.75, 3.05) is 13.7 Å². The molecule has 1 atom stereocenters. The Morgan fingerprint density at radius 3 is 2.86 bits per heavy atom. The van der Waals surface area contributed by atoms with Gasteiger partial charge < -0.3 is 18.8 Å². The third-order valence-corrected chi connectivity index (χ3v) is 4.84. The normalized spacial score (nSPS) is 15.4. The molecule has 3 heterocycles. The summed E-state index contributed by atoms with van der Waals surface area (Å²) < 4.78 is 16.7. The van der Waals surface area contributed by atoms with Crippen LogP contribution >= 0.6 is 0 Å². The van der Waals surface area contributed by atoms with E-state index in [1.807, 2.05) is 48.5 Å². The predicted molar refractivity (Wildman–Crippen MR) is 103 cm³/mol. The van der Waals surface area contributed by atoms with Crippen molar-refractivity contribution < 1.29 is 18.7 Å². The lowest BCUT2D eigenvalue weighted by molar-refractivity contribution is -0.138. The number of furan rings is 1. The lowest BCUT2D eigenvalue weighted by Gasteiger charge is -2.30. The maximum absolute atomic E-state index is 13.3. The second-order valence-corrected chi connectivity index (χ2v) is 6.76. The Kier molecular flexibility index (Phi) is 5.28. The third-order valence-electron chi connectivity index (χ3n) is 4.84. The molecule has 0 saturated carbocycles. The predicted octanol–water partition coefficient (Wildman–Crippen LogP) is 3.46. The second-order valence-electron chi connectivity index (χ2n) is 6.76. The number of rotatable bonds is 6. The van der Waals surface area contributed by atoms with Gasteiger partial charge in [-0.3, -0.25) is 9.78 Å². The first-order valence-corrected chi connectivity index (χ1v) is 9.24. The molecule has 1 aliphatic rings. The first-order valence-electron chi connectivity index (χ1n) is 9.24. The molecule has 1 aliphatic heterocycles. The minimum absolute atomic E-state index is 0.0236. The van der Waals surface area contributed by atoms with E-state index in [0.717, 1.165) is 22.8 Å². The van der Waals surface area contributed by atoms with Crippen molar-refractivity contribution in [3.8, 4) is 11.5 Å². The van der Waals surface area contributed by atoms with Crippen LogP contribution < -0.4 is 9.47 Å². The van der Waals surface area contributed by atoms with E-state index < -0.39 is 0 Å². The van der Waals surface area contributed by atoms with Crippen LogP contribution in [0.15, 0.2) is 65.4 Å². The molecule has 6 nitrogen and oxygen atoms in total. The van der Waals surface area contributed by atoms with Crippen LogP contribution in [0.2, 0.25) is 0 Å². The third kappa shape index (κ3) is 3.86. The standard InChI is InChI=1S/C22H22N2O4/c1-26-20-9-4-6-16-12-17(15-28-21(16)20)22(25)24(14-19-8-5-11-27-19)13-18-7-2-3-10-23-18/h2-11,17H,12-15H2,1H3/t17-/m1/s1. The average molecular weight is 378 g/mol. The summed E-state index contributed by atoms with van der Waals surface area (Å²) in [5.41, 5.74) is 1.82. The SMILES string of the molecule is COc1cccc2c1OC[C@H](C(=O)N(Cc1ccccn1)Cc1ccco1)C2. The molecule has 1 aromatic carbocycles. The largest absolute Gasteiger partial charge is 0.493 e. The molecule has 0 spiro atoms. The summed E-state index contributed by atoms with van der Waals surface area (Å²) in [6.07, 6.45) is 3.96. The van der Waals surface area contributed by atoms with E-state index in [4.69, 9.17) is 13.9 Å². The van der Waals surface area contributed by atoms with Crippen molar-refractivity contribution in [1.29, 1.82) is 0 Å². The van der Waals surface area contributed by atoms with Crippen molar-refractivity contribution in [2.24, 2.45) is 5.92 Å². The molecular weight excluding hydrogens is 356 g/mol. The number of hydrogen-bond acceptors (Lipinski definition) is 5. The summed E-state index contributed by atoms with van der Waals surface area (Å²) in [4.78, 5) is 19.5. The minimum Gasteiger partial charge on any atom is -0.493 e. The highest BCUT2D eigenvalue weighted by molar-refractivity contribution is 5.80. The van der Waals surface area contributed by atoms with Crippen LogP contribution in [0, 0.1) is 5.92 Å². The van der Waals surface area contributed by atoms with Crippen LogP contribution in [0.5, 0.6) is 11.5 Å². The number of methoxy groups -OCH3 is 1. The van der Waals surface area contributed by atoms with Gasteiger partial charge in [0.2, 0.25) is 5.91 Å². The van der Waals surface area contributed by atoms with E-state index in [1.165, 1.54) is 0 Å². The summed E-state index contributed by atoms with van der Waals surface area (Å²) in [6, 6.07) is 15.2. The summed E-state index contributed by atoms with van der Waals surface area (Å²) in [6.45, 7) is 1.13. The number of carbonyl (C=O) groups is 1. The van der Waals surface area contributed by atoms with Gasteiger partial charge in [-0.15, -0.1) is 0 Å². The summed E-state index contributed by atoms with van der Waals surface area (Å²) in [7, 11) is 1.62. The van der Waals surface area contributed by atoms with Gasteiger partial charge in [-0.25, -0.2) is 0 Å². The lowest BCUT2D eigenvalue weighted by atomic mass is 9.95. The Balaban J connectivity index is 1.54. The first-order chi connectivity index (χ1) is 13.7. The van der Waals surface area contributed by atoms with Crippen LogP contribution in [-0.4, -0.2) is 29.5 Å². The number of ether oxygens (including phenoxy) is 2. The number of benzene rings is 1. The van der Waals surface area contributed by atoms with Crippen LogP contribution in [-0.2, 0) is 24.3 Å². The quantitative estimate of drug-likeness (QED) is 0.657. The van der Waals surface area contributed by atoms with Gasteiger partial charge in [0, 0.05) is 6.20 Å². The Labute approximate surface area is 163 Å². The zero-order chi connectivity index (χ0) is 19.3. The van der Waals surface area contributed by atoms with Gasteiger partial charge in [0.1, 0.15) is 12.4 Å². The maximum atomic E-state index is 13.3. The number of hydrogen-bond donors (Lipinski definition) is 0. The van der Waals surface area contributed by atoms with Gasteiger partial charge in [-0.1, -0.05) is 18.2 Å². The fourth-order valence-electron chi connectivity index (χ4n) is 3.46. The molecular formula is C22H22N2O4. The monoisotopic (exact) mass is 378 g/mol. The van der Waals surface area contributed by atoms with E-state index in [-0.39, 0.29) is 11.8 Å². The average Bonchev–Trinajstić information content (AvgIpc) is 3.26. The number of pyridine rings is 1.